The monoisotopic (exact) mass is 460 g/mol. The minimum Gasteiger partial charge on any atom is -0.308 e. The maximum Gasteiger partial charge on any atom is 0.323 e. The zero-order valence-electron chi connectivity index (χ0n) is 20.0. The standard InChI is InChI=1S/C30H28N4O/c1-21-15-17-25(19-22(21)2)32-30(35)31-24-10-8-9-23(20-24)16-18-29-33-27-13-6-7-14-28(27)34(29)26-11-4-3-5-12-26/h3-15,17,19-20H,16,18H2,1-2H3,(H2,31,32,35). The lowest BCUT2D eigenvalue weighted by Gasteiger charge is -2.11. The van der Waals surface area contributed by atoms with E-state index in [1.807, 2.05) is 73.7 Å². The van der Waals surface area contributed by atoms with Gasteiger partial charge in [-0.15, -0.1) is 0 Å². The number of carbonyl (C=O) groups is 1. The van der Waals surface area contributed by atoms with Gasteiger partial charge in [-0.05, 0) is 85.5 Å². The number of anilines is 2. The fourth-order valence-corrected chi connectivity index (χ4v) is 4.28. The maximum atomic E-state index is 12.5. The number of para-hydroxylation sites is 3. The second kappa shape index (κ2) is 9.85. The number of aromatic nitrogens is 2. The number of hydrogen-bond donors (Lipinski definition) is 2. The summed E-state index contributed by atoms with van der Waals surface area (Å²) in [6, 6.07) is 32.2. The number of aryl methyl sites for hydroxylation is 4. The van der Waals surface area contributed by atoms with Gasteiger partial charge in [-0.25, -0.2) is 9.78 Å². The van der Waals surface area contributed by atoms with Gasteiger partial charge in [-0.2, -0.15) is 0 Å². The van der Waals surface area contributed by atoms with Gasteiger partial charge in [0.1, 0.15) is 5.82 Å². The molecule has 0 spiro atoms. The van der Waals surface area contributed by atoms with Crippen LogP contribution in [0.1, 0.15) is 22.5 Å². The number of carbonyl (C=O) groups excluding carboxylic acids is 1. The fraction of sp³-hybridized carbons (Fsp3) is 0.133. The summed E-state index contributed by atoms with van der Waals surface area (Å²) in [4.78, 5) is 17.5. The van der Waals surface area contributed by atoms with Crippen LogP contribution in [0.4, 0.5) is 16.2 Å². The Balaban J connectivity index is 1.31. The summed E-state index contributed by atoms with van der Waals surface area (Å²) < 4.78 is 2.23. The number of imidazole rings is 1. The normalized spacial score (nSPS) is 10.9. The van der Waals surface area contributed by atoms with Crippen LogP contribution in [-0.2, 0) is 12.8 Å². The van der Waals surface area contributed by atoms with Crippen molar-refractivity contribution in [2.75, 3.05) is 10.6 Å². The molecule has 174 valence electrons. The van der Waals surface area contributed by atoms with Crippen LogP contribution in [0.15, 0.2) is 97.1 Å². The molecule has 2 N–H and O–H groups in total. The van der Waals surface area contributed by atoms with Crippen molar-refractivity contribution in [1.29, 1.82) is 0 Å². The molecular weight excluding hydrogens is 432 g/mol. The Morgan fingerprint density at radius 2 is 1.49 bits per heavy atom. The van der Waals surface area contributed by atoms with E-state index in [4.69, 9.17) is 4.98 Å². The quantitative estimate of drug-likeness (QED) is 0.285. The molecule has 1 aromatic heterocycles. The number of hydrogen-bond acceptors (Lipinski definition) is 2. The highest BCUT2D eigenvalue weighted by Crippen LogP contribution is 2.23. The molecule has 0 unspecified atom stereocenters. The van der Waals surface area contributed by atoms with Gasteiger partial charge >= 0.3 is 6.03 Å². The molecule has 0 radical (unpaired) electrons. The lowest BCUT2D eigenvalue weighted by atomic mass is 10.1. The van der Waals surface area contributed by atoms with Gasteiger partial charge in [-0.3, -0.25) is 4.57 Å². The largest absolute Gasteiger partial charge is 0.323 e. The second-order valence-electron chi connectivity index (χ2n) is 8.77. The number of benzene rings is 4. The molecule has 0 saturated heterocycles. The first kappa shape index (κ1) is 22.4. The average Bonchev–Trinajstić information content (AvgIpc) is 3.24. The minimum atomic E-state index is -0.253. The summed E-state index contributed by atoms with van der Waals surface area (Å²) in [6.45, 7) is 4.09. The van der Waals surface area contributed by atoms with Crippen molar-refractivity contribution in [1.82, 2.24) is 9.55 Å². The van der Waals surface area contributed by atoms with E-state index in [0.717, 1.165) is 57.9 Å². The Kier molecular flexibility index (Phi) is 6.31. The third-order valence-electron chi connectivity index (χ3n) is 6.23. The molecule has 0 aliphatic carbocycles. The Bertz CT molecular complexity index is 1490. The van der Waals surface area contributed by atoms with Crippen LogP contribution in [0.5, 0.6) is 0 Å². The SMILES string of the molecule is Cc1ccc(NC(=O)Nc2cccc(CCc3nc4ccccc4n3-c3ccccc3)c2)cc1C. The van der Waals surface area contributed by atoms with Gasteiger partial charge in [0.2, 0.25) is 0 Å². The van der Waals surface area contributed by atoms with E-state index < -0.39 is 0 Å². The number of fused-ring (bicyclic) bond motifs is 1. The molecule has 0 fully saturated rings. The Hall–Kier alpha value is -4.38. The van der Waals surface area contributed by atoms with Crippen LogP contribution in [0.3, 0.4) is 0 Å². The molecule has 4 aromatic carbocycles. The number of urea groups is 1. The highest BCUT2D eigenvalue weighted by molar-refractivity contribution is 5.99. The van der Waals surface area contributed by atoms with Gasteiger partial charge in [0.25, 0.3) is 0 Å². The van der Waals surface area contributed by atoms with Crippen molar-refractivity contribution in [3.05, 3.63) is 120 Å². The summed E-state index contributed by atoms with van der Waals surface area (Å²) >= 11 is 0. The van der Waals surface area contributed by atoms with Gasteiger partial charge in [0, 0.05) is 23.5 Å². The Morgan fingerprint density at radius 3 is 2.29 bits per heavy atom. The predicted molar refractivity (Wildman–Crippen MR) is 143 cm³/mol. The van der Waals surface area contributed by atoms with Gasteiger partial charge in [0.05, 0.1) is 11.0 Å². The molecule has 1 heterocycles. The van der Waals surface area contributed by atoms with E-state index >= 15 is 0 Å². The molecule has 0 saturated carbocycles. The molecule has 5 nitrogen and oxygen atoms in total. The topological polar surface area (TPSA) is 59.0 Å². The molecule has 2 amide bonds. The summed E-state index contributed by atoms with van der Waals surface area (Å²) in [5.41, 5.74) is 8.23. The van der Waals surface area contributed by atoms with Gasteiger partial charge < -0.3 is 10.6 Å². The number of amides is 2. The molecular formula is C30H28N4O. The third kappa shape index (κ3) is 5.09. The van der Waals surface area contributed by atoms with E-state index in [9.17, 15) is 4.79 Å². The Labute approximate surface area is 205 Å². The smallest absolute Gasteiger partial charge is 0.308 e. The van der Waals surface area contributed by atoms with Crippen molar-refractivity contribution < 1.29 is 4.79 Å². The highest BCUT2D eigenvalue weighted by atomic mass is 16.2. The molecule has 0 atom stereocenters. The predicted octanol–water partition coefficient (Wildman–Crippen LogP) is 7.07. The molecule has 35 heavy (non-hydrogen) atoms. The lowest BCUT2D eigenvalue weighted by Crippen LogP contribution is -2.19. The summed E-state index contributed by atoms with van der Waals surface area (Å²) in [5, 5.41) is 5.86. The van der Waals surface area contributed by atoms with Crippen molar-refractivity contribution in [2.45, 2.75) is 26.7 Å². The van der Waals surface area contributed by atoms with Crippen LogP contribution in [0.25, 0.3) is 16.7 Å². The van der Waals surface area contributed by atoms with Crippen molar-refractivity contribution in [3.8, 4) is 5.69 Å². The molecule has 5 aromatic rings. The van der Waals surface area contributed by atoms with Gasteiger partial charge in [-0.1, -0.05) is 48.5 Å². The number of nitrogens with one attached hydrogen (secondary N) is 2. The Morgan fingerprint density at radius 1 is 0.743 bits per heavy atom. The second-order valence-corrected chi connectivity index (χ2v) is 8.77. The van der Waals surface area contributed by atoms with Crippen molar-refractivity contribution in [2.24, 2.45) is 0 Å². The van der Waals surface area contributed by atoms with Crippen LogP contribution >= 0.6 is 0 Å². The van der Waals surface area contributed by atoms with E-state index in [2.05, 4.69) is 52.5 Å². The first-order valence-electron chi connectivity index (χ1n) is 11.8. The summed E-state index contributed by atoms with van der Waals surface area (Å²) in [6.07, 6.45) is 1.59. The van der Waals surface area contributed by atoms with Crippen LogP contribution in [0.2, 0.25) is 0 Å². The molecule has 0 aliphatic rings. The first-order chi connectivity index (χ1) is 17.1. The van der Waals surface area contributed by atoms with E-state index in [0.29, 0.717) is 0 Å². The first-order valence-corrected chi connectivity index (χ1v) is 11.8. The third-order valence-corrected chi connectivity index (χ3v) is 6.23. The average molecular weight is 461 g/mol. The number of nitrogens with zero attached hydrogens (tertiary/aromatic N) is 2. The van der Waals surface area contributed by atoms with Gasteiger partial charge in [0.15, 0.2) is 0 Å². The zero-order valence-corrected chi connectivity index (χ0v) is 20.0. The zero-order chi connectivity index (χ0) is 24.2. The molecule has 5 heteroatoms. The van der Waals surface area contributed by atoms with E-state index in [1.54, 1.807) is 0 Å². The number of rotatable bonds is 6. The van der Waals surface area contributed by atoms with Crippen molar-refractivity contribution in [3.63, 3.8) is 0 Å². The van der Waals surface area contributed by atoms with Crippen molar-refractivity contribution >= 4 is 28.4 Å². The molecule has 5 rings (SSSR count). The van der Waals surface area contributed by atoms with Crippen LogP contribution < -0.4 is 10.6 Å². The highest BCUT2D eigenvalue weighted by Gasteiger charge is 2.12. The maximum absolute atomic E-state index is 12.5. The molecule has 0 aliphatic heterocycles. The van der Waals surface area contributed by atoms with Crippen LogP contribution in [0, 0.1) is 13.8 Å². The summed E-state index contributed by atoms with van der Waals surface area (Å²) in [5.74, 6) is 1.02. The molecule has 0 bridgehead atoms. The minimum absolute atomic E-state index is 0.253. The van der Waals surface area contributed by atoms with E-state index in [-0.39, 0.29) is 6.03 Å². The van der Waals surface area contributed by atoms with Crippen LogP contribution in [-0.4, -0.2) is 15.6 Å². The lowest BCUT2D eigenvalue weighted by molar-refractivity contribution is 0.262. The fourth-order valence-electron chi connectivity index (χ4n) is 4.28. The van der Waals surface area contributed by atoms with E-state index in [1.165, 1.54) is 5.56 Å². The summed E-state index contributed by atoms with van der Waals surface area (Å²) in [7, 11) is 0.